The van der Waals surface area contributed by atoms with Crippen LogP contribution in [0.4, 0.5) is 0 Å². The van der Waals surface area contributed by atoms with Crippen LogP contribution in [0.1, 0.15) is 0 Å². The van der Waals surface area contributed by atoms with E-state index in [-0.39, 0.29) is 0 Å². The fourth-order valence-corrected chi connectivity index (χ4v) is 0.659. The molecule has 0 rings (SSSR count). The molecule has 0 unspecified atom stereocenters. The summed E-state index contributed by atoms with van der Waals surface area (Å²) in [5, 5.41) is 0. The Labute approximate surface area is 51.6 Å². The number of hydrogen-bond acceptors (Lipinski definition) is 1. The van der Waals surface area contributed by atoms with Crippen LogP contribution in [0.15, 0.2) is 0 Å². The Hall–Kier alpha value is 0.415. The Kier molecular flexibility index (Phi) is 6.79. The quantitative estimate of drug-likeness (QED) is 0.373. The van der Waals surface area contributed by atoms with E-state index in [4.69, 9.17) is 0 Å². The van der Waals surface area contributed by atoms with Crippen LogP contribution in [0.3, 0.4) is 0 Å². The summed E-state index contributed by atoms with van der Waals surface area (Å²) in [6.07, 6.45) is 2.89. The molecule has 0 heterocycles. The van der Waals surface area contributed by atoms with Gasteiger partial charge in [-0.05, 0) is 0 Å². The molecule has 4 heteroatoms. The first kappa shape index (κ1) is 7.41. The van der Waals surface area contributed by atoms with Crippen LogP contribution >= 0.6 is 11.5 Å². The molecular weight excluding hydrogens is 101 g/mol. The SMILES string of the molecule is C=BS[B]C[B]C. The summed E-state index contributed by atoms with van der Waals surface area (Å²) in [5.74, 6) is 0. The maximum atomic E-state index is 3.55. The molecular formula is C3H7B3S. The van der Waals surface area contributed by atoms with Gasteiger partial charge in [0, 0.05) is 0 Å². The van der Waals surface area contributed by atoms with Crippen molar-refractivity contribution in [2.24, 2.45) is 0 Å². The third-order valence-corrected chi connectivity index (χ3v) is 1.10. The molecule has 0 saturated carbocycles. The van der Waals surface area contributed by atoms with Crippen LogP contribution in [0.5, 0.6) is 0 Å². The normalized spacial score (nSPS) is 7.00. The summed E-state index contributed by atoms with van der Waals surface area (Å²) in [4.78, 5) is 0. The Morgan fingerprint density at radius 1 is 1.71 bits per heavy atom. The van der Waals surface area contributed by atoms with Gasteiger partial charge in [-0.3, -0.25) is 0 Å². The molecule has 0 aromatic rings. The van der Waals surface area contributed by atoms with Gasteiger partial charge in [-0.1, -0.05) is 0 Å². The van der Waals surface area contributed by atoms with Gasteiger partial charge in [0.1, 0.15) is 0 Å². The Bertz CT molecular complexity index is 47.4. The van der Waals surface area contributed by atoms with Crippen LogP contribution < -0.4 is 0 Å². The standard InChI is InChI=1S/C3H7B3S/c1-4-3-6-7-5-2/h2-3H2,1H3. The molecule has 0 atom stereocenters. The van der Waals surface area contributed by atoms with Gasteiger partial charge >= 0.3 is 51.0 Å². The molecule has 0 aliphatic heterocycles. The second-order valence-electron chi connectivity index (χ2n) is 1.11. The predicted molar refractivity (Wildman–Crippen MR) is 42.6 cm³/mol. The minimum absolute atomic E-state index is 1.07. The monoisotopic (exact) mass is 108 g/mol. The third kappa shape index (κ3) is 6.41. The molecule has 0 aromatic carbocycles. The van der Waals surface area contributed by atoms with Crippen LogP contribution in [0.2, 0.25) is 13.0 Å². The maximum absolute atomic E-state index is 3.55. The van der Waals surface area contributed by atoms with E-state index in [0.29, 0.717) is 0 Å². The van der Waals surface area contributed by atoms with Crippen molar-refractivity contribution >= 4 is 38.0 Å². The molecule has 0 bridgehead atoms. The van der Waals surface area contributed by atoms with Crippen molar-refractivity contribution in [2.45, 2.75) is 13.0 Å². The van der Waals surface area contributed by atoms with E-state index in [0.717, 1.165) is 6.22 Å². The van der Waals surface area contributed by atoms with E-state index in [9.17, 15) is 0 Å². The van der Waals surface area contributed by atoms with Gasteiger partial charge in [-0.15, -0.1) is 0 Å². The minimum atomic E-state index is 1.07. The zero-order chi connectivity index (χ0) is 5.54. The molecule has 0 aliphatic rings. The molecule has 34 valence electrons. The van der Waals surface area contributed by atoms with Crippen molar-refractivity contribution in [1.29, 1.82) is 0 Å². The third-order valence-electron chi connectivity index (χ3n) is 0.524. The van der Waals surface area contributed by atoms with Gasteiger partial charge in [0.25, 0.3) is 0 Å². The molecule has 7 heavy (non-hydrogen) atoms. The van der Waals surface area contributed by atoms with Crippen molar-refractivity contribution in [3.05, 3.63) is 0 Å². The Balaban J connectivity index is 2.56. The summed E-state index contributed by atoms with van der Waals surface area (Å²) >= 11 is 1.64. The first-order valence-electron chi connectivity index (χ1n) is 2.27. The van der Waals surface area contributed by atoms with E-state index >= 15 is 0 Å². The molecule has 0 N–H and O–H groups in total. The second kappa shape index (κ2) is 6.41. The molecule has 0 aliphatic carbocycles. The molecule has 2 radical (unpaired) electrons. The van der Waals surface area contributed by atoms with Crippen molar-refractivity contribution in [2.75, 3.05) is 0 Å². The fraction of sp³-hybridized carbons (Fsp3) is 0.667. The second-order valence-corrected chi connectivity index (χ2v) is 2.05. The van der Waals surface area contributed by atoms with Gasteiger partial charge in [0.05, 0.1) is 0 Å². The van der Waals surface area contributed by atoms with Gasteiger partial charge < -0.3 is 0 Å². The molecule has 0 saturated heterocycles. The predicted octanol–water partition coefficient (Wildman–Crippen LogP) is 0.518. The molecule has 0 spiro atoms. The topological polar surface area (TPSA) is 0 Å². The van der Waals surface area contributed by atoms with Gasteiger partial charge in [0.15, 0.2) is 0 Å². The van der Waals surface area contributed by atoms with Crippen molar-refractivity contribution in [1.82, 2.24) is 0 Å². The molecule has 0 fully saturated rings. The summed E-state index contributed by atoms with van der Waals surface area (Å²) in [7, 11) is 2.11. The van der Waals surface area contributed by atoms with Crippen LogP contribution in [0.25, 0.3) is 0 Å². The van der Waals surface area contributed by atoms with E-state index in [1.807, 2.05) is 13.0 Å². The van der Waals surface area contributed by atoms with E-state index in [2.05, 4.69) is 20.3 Å². The van der Waals surface area contributed by atoms with Crippen molar-refractivity contribution in [3.63, 3.8) is 0 Å². The molecule has 0 aromatic heterocycles. The fourth-order valence-electron chi connectivity index (χ4n) is 0.220. The van der Waals surface area contributed by atoms with E-state index < -0.39 is 0 Å². The Morgan fingerprint density at radius 3 is 2.86 bits per heavy atom. The molecule has 0 nitrogen and oxygen atoms in total. The van der Waals surface area contributed by atoms with E-state index in [1.54, 1.807) is 11.5 Å². The van der Waals surface area contributed by atoms with E-state index in [1.165, 1.54) is 0 Å². The van der Waals surface area contributed by atoms with Crippen LogP contribution in [-0.4, -0.2) is 26.5 Å². The summed E-state index contributed by atoms with van der Waals surface area (Å²) in [6, 6.07) is 0. The first-order chi connectivity index (χ1) is 3.41. The number of rotatable bonds is 4. The Morgan fingerprint density at radius 2 is 2.43 bits per heavy atom. The summed E-state index contributed by atoms with van der Waals surface area (Å²) < 4.78 is 0. The zero-order valence-corrected chi connectivity index (χ0v) is 5.37. The average Bonchev–Trinajstić information content (AvgIpc) is 1.69. The van der Waals surface area contributed by atoms with Crippen molar-refractivity contribution in [3.8, 4) is 0 Å². The van der Waals surface area contributed by atoms with Crippen LogP contribution in [-0.2, 0) is 0 Å². The first-order valence-corrected chi connectivity index (χ1v) is 3.22. The molecule has 0 amide bonds. The van der Waals surface area contributed by atoms with Gasteiger partial charge in [0.2, 0.25) is 0 Å². The van der Waals surface area contributed by atoms with Gasteiger partial charge in [-0.2, -0.15) is 0 Å². The van der Waals surface area contributed by atoms with Crippen LogP contribution in [0, 0.1) is 0 Å². The zero-order valence-electron chi connectivity index (χ0n) is 4.55. The number of hydrogen-bond donors (Lipinski definition) is 0. The van der Waals surface area contributed by atoms with Gasteiger partial charge in [-0.25, -0.2) is 0 Å². The average molecular weight is 108 g/mol. The van der Waals surface area contributed by atoms with Crippen molar-refractivity contribution < 1.29 is 0 Å². The summed E-state index contributed by atoms with van der Waals surface area (Å²) in [5.41, 5.74) is 0. The summed E-state index contributed by atoms with van der Waals surface area (Å²) in [6.45, 7) is 7.70.